The summed E-state index contributed by atoms with van der Waals surface area (Å²) in [4.78, 5) is 44.5. The molecule has 44 heavy (non-hydrogen) atoms. The van der Waals surface area contributed by atoms with Gasteiger partial charge in [0.15, 0.2) is 0 Å². The number of nitrogens with zero attached hydrogens (tertiary/aromatic N) is 2. The second-order valence-corrected chi connectivity index (χ2v) is 8.21. The van der Waals surface area contributed by atoms with E-state index in [0.29, 0.717) is 0 Å². The number of hydrogen-bond donors (Lipinski definition) is 3. The second kappa shape index (κ2) is 19.4. The van der Waals surface area contributed by atoms with Crippen molar-refractivity contribution in [2.75, 3.05) is 7.15 Å². The summed E-state index contributed by atoms with van der Waals surface area (Å²) in [6, 6.07) is 15.5. The molecular formula is C29H30ClF5N4O5. The molecule has 0 bridgehead atoms. The van der Waals surface area contributed by atoms with Crippen LogP contribution in [0.15, 0.2) is 82.4 Å². The Kier molecular flexibility index (Phi) is 16.4. The van der Waals surface area contributed by atoms with Crippen molar-refractivity contribution in [2.45, 2.75) is 13.1 Å². The highest BCUT2D eigenvalue weighted by molar-refractivity contribution is 5.92. The van der Waals surface area contributed by atoms with Crippen LogP contribution in [-0.4, -0.2) is 33.3 Å². The number of carboxylic acids is 1. The van der Waals surface area contributed by atoms with Crippen LogP contribution in [0, 0.1) is 23.3 Å². The predicted octanol–water partition coefficient (Wildman–Crippen LogP) is 4.11. The monoisotopic (exact) mass is 645 g/mol. The molecule has 0 aliphatic carbocycles. The highest BCUT2D eigenvalue weighted by Gasteiger charge is 2.13. The predicted molar refractivity (Wildman–Crippen MR) is 156 cm³/mol. The maximum Gasteiger partial charge on any atom is 0.352 e. The van der Waals surface area contributed by atoms with Crippen molar-refractivity contribution in [3.05, 3.63) is 139 Å². The summed E-state index contributed by atoms with van der Waals surface area (Å²) in [6.07, 6.45) is 0. The van der Waals surface area contributed by atoms with E-state index in [4.69, 9.17) is 12.2 Å². The Bertz CT molecular complexity index is 1650. The number of rotatable bonds is 5. The molecule has 0 atom stereocenters. The quantitative estimate of drug-likeness (QED) is 0.280. The lowest BCUT2D eigenvalue weighted by Crippen LogP contribution is -2.30. The van der Waals surface area contributed by atoms with E-state index in [1.807, 2.05) is 0 Å². The topological polar surface area (TPSA) is 136 Å². The molecule has 0 saturated heterocycles. The molecule has 9 nitrogen and oxygen atoms in total. The highest BCUT2D eigenvalue weighted by Crippen LogP contribution is 2.12. The third kappa shape index (κ3) is 11.1. The van der Waals surface area contributed by atoms with Gasteiger partial charge in [0, 0.05) is 50.4 Å². The molecule has 1 amide bonds. The van der Waals surface area contributed by atoms with E-state index in [1.165, 1.54) is 74.8 Å². The minimum Gasteiger partial charge on any atom is -0.477 e. The largest absolute Gasteiger partial charge is 0.477 e. The Hall–Kier alpha value is -4.82. The number of halogens is 6. The van der Waals surface area contributed by atoms with Crippen LogP contribution in [0.1, 0.15) is 33.5 Å². The third-order valence-corrected chi connectivity index (χ3v) is 5.57. The number of carboxylic acid groups (broad SMARTS) is 1. The minimum absolute atomic E-state index is 0. The second-order valence-electron chi connectivity index (χ2n) is 8.21. The number of amides is 1. The first-order valence-electron chi connectivity index (χ1n) is 12.8. The molecule has 0 saturated carbocycles. The molecule has 0 unspecified atom stereocenters. The van der Waals surface area contributed by atoms with E-state index in [0.717, 1.165) is 21.3 Å². The van der Waals surface area contributed by atoms with E-state index in [1.54, 1.807) is 0 Å². The number of nitrogens with one attached hydrogen (secondary N) is 1. The number of nitrogens with two attached hydrogens (primary N) is 1. The molecule has 2 aromatic carbocycles. The molecular weight excluding hydrogens is 615 g/mol. The van der Waals surface area contributed by atoms with Crippen LogP contribution in [-0.2, 0) is 27.2 Å². The van der Waals surface area contributed by atoms with E-state index < -0.39 is 42.3 Å². The van der Waals surface area contributed by atoms with Crippen molar-refractivity contribution < 1.29 is 38.0 Å². The van der Waals surface area contributed by atoms with Crippen LogP contribution >= 0.6 is 12.4 Å². The van der Waals surface area contributed by atoms with E-state index in [2.05, 4.69) is 5.32 Å². The maximum atomic E-state index is 13.4. The zero-order chi connectivity index (χ0) is 33.4. The van der Waals surface area contributed by atoms with Crippen molar-refractivity contribution in [2.24, 2.45) is 19.8 Å². The number of alkyl halides is 1. The van der Waals surface area contributed by atoms with Gasteiger partial charge in [-0.05, 0) is 36.4 Å². The maximum absolute atomic E-state index is 13.4. The van der Waals surface area contributed by atoms with Gasteiger partial charge in [-0.25, -0.2) is 22.4 Å². The fourth-order valence-electron chi connectivity index (χ4n) is 3.26. The number of hydrogen-bond acceptors (Lipinski definition) is 5. The normalized spacial score (nSPS) is 9.77. The highest BCUT2D eigenvalue weighted by atomic mass is 35.5. The number of carbonyl (C=O) groups excluding carboxylic acids is 1. The number of aromatic carboxylic acids is 1. The fraction of sp³-hybridized carbons (Fsp3) is 0.172. The molecule has 4 N–H and O–H groups in total. The molecule has 0 aliphatic rings. The van der Waals surface area contributed by atoms with Crippen molar-refractivity contribution >= 4 is 24.3 Å². The number of aromatic nitrogens is 2. The molecule has 15 heteroatoms. The smallest absolute Gasteiger partial charge is 0.352 e. The Balaban J connectivity index is 0.000000659. The molecule has 0 spiro atoms. The van der Waals surface area contributed by atoms with Gasteiger partial charge in [-0.3, -0.25) is 18.8 Å². The Morgan fingerprint density at radius 2 is 1.14 bits per heavy atom. The molecule has 4 rings (SSSR count). The van der Waals surface area contributed by atoms with Gasteiger partial charge in [-0.2, -0.15) is 0 Å². The lowest BCUT2D eigenvalue weighted by atomic mass is 10.2. The lowest BCUT2D eigenvalue weighted by Gasteiger charge is -2.09. The SMILES string of the molecule is Cl.Cn1c(C(=O)NCc2c(F)cccc2F)cccc1=O.Cn1c(C(=O)O)cccc1=O.NCc1c(F)cccc1F.[2H]CF. The number of pyridine rings is 2. The first-order valence-corrected chi connectivity index (χ1v) is 12.0. The van der Waals surface area contributed by atoms with Crippen LogP contribution in [0.25, 0.3) is 0 Å². The van der Waals surface area contributed by atoms with Gasteiger partial charge in [0.1, 0.15) is 34.7 Å². The Morgan fingerprint density at radius 1 is 0.773 bits per heavy atom. The average molecular weight is 646 g/mol. The first-order chi connectivity index (χ1) is 20.8. The summed E-state index contributed by atoms with van der Waals surface area (Å²) in [5, 5.41) is 10.9. The molecule has 0 radical (unpaired) electrons. The summed E-state index contributed by atoms with van der Waals surface area (Å²) in [5.74, 6) is -4.29. The van der Waals surface area contributed by atoms with Crippen molar-refractivity contribution in [3.63, 3.8) is 0 Å². The van der Waals surface area contributed by atoms with Crippen molar-refractivity contribution in [1.82, 2.24) is 14.5 Å². The van der Waals surface area contributed by atoms with Gasteiger partial charge in [0.05, 0.1) is 8.52 Å². The van der Waals surface area contributed by atoms with Gasteiger partial charge >= 0.3 is 5.97 Å². The Morgan fingerprint density at radius 3 is 1.50 bits per heavy atom. The minimum atomic E-state index is -1.09. The average Bonchev–Trinajstić information content (AvgIpc) is 2.97. The first kappa shape index (κ1) is 37.2. The molecule has 0 aliphatic heterocycles. The van der Waals surface area contributed by atoms with Crippen LogP contribution in [0.2, 0.25) is 0 Å². The van der Waals surface area contributed by atoms with Gasteiger partial charge in [-0.1, -0.05) is 24.3 Å². The zero-order valence-corrected chi connectivity index (χ0v) is 24.2. The fourth-order valence-corrected chi connectivity index (χ4v) is 3.26. The van der Waals surface area contributed by atoms with Gasteiger partial charge in [0.25, 0.3) is 17.0 Å². The standard InChI is InChI=1S/C14H12F2N2O2.C7H7F2N.C7H7NO3.CH3F.ClH/c1-18-12(6-3-7-13(18)19)14(20)17-8-9-10(15)4-2-5-11(9)16;8-6-2-1-3-7(9)5(6)4-10;1-8-5(7(10)11)3-2-4-6(8)9;1-2;/h2-7H,8H2,1H3,(H,17,20);1-3H,4,10H2;2-4H,1H3,(H,10,11);1H3;1H/i;;;1D;. The van der Waals surface area contributed by atoms with Gasteiger partial charge < -0.3 is 25.3 Å². The molecule has 238 valence electrons. The van der Waals surface area contributed by atoms with Gasteiger partial charge in [-0.15, -0.1) is 12.4 Å². The van der Waals surface area contributed by atoms with E-state index >= 15 is 0 Å². The number of benzene rings is 2. The van der Waals surface area contributed by atoms with Crippen molar-refractivity contribution in [1.29, 1.82) is 0 Å². The summed E-state index contributed by atoms with van der Waals surface area (Å²) in [5.41, 5.74) is 4.26. The lowest BCUT2D eigenvalue weighted by molar-refractivity contribution is 0.0684. The van der Waals surface area contributed by atoms with Crippen LogP contribution < -0.4 is 22.2 Å². The molecule has 2 heterocycles. The van der Waals surface area contributed by atoms with E-state index in [9.17, 15) is 41.1 Å². The van der Waals surface area contributed by atoms with Crippen LogP contribution in [0.5, 0.6) is 0 Å². The molecule has 0 fully saturated rings. The third-order valence-electron chi connectivity index (χ3n) is 5.57. The molecule has 4 aromatic rings. The molecule has 2 aromatic heterocycles. The summed E-state index contributed by atoms with van der Waals surface area (Å²) >= 11 is 0. The Labute approximate surface area is 256 Å². The van der Waals surface area contributed by atoms with Crippen LogP contribution in [0.3, 0.4) is 0 Å². The number of carbonyl (C=O) groups is 2. The summed E-state index contributed by atoms with van der Waals surface area (Å²) in [7, 11) is 1.87. The summed E-state index contributed by atoms with van der Waals surface area (Å²) < 4.78 is 69.6. The van der Waals surface area contributed by atoms with Gasteiger partial charge in [0.2, 0.25) is 0 Å². The van der Waals surface area contributed by atoms with Crippen molar-refractivity contribution in [3.8, 4) is 0 Å². The zero-order valence-electron chi connectivity index (χ0n) is 24.4. The summed E-state index contributed by atoms with van der Waals surface area (Å²) in [6.45, 7) is -0.390. The van der Waals surface area contributed by atoms with Crippen LogP contribution in [0.4, 0.5) is 22.0 Å². The van der Waals surface area contributed by atoms with E-state index in [-0.39, 0.29) is 59.1 Å².